The first-order valence-corrected chi connectivity index (χ1v) is 8.77. The summed E-state index contributed by atoms with van der Waals surface area (Å²) in [5, 5.41) is 2.93. The summed E-state index contributed by atoms with van der Waals surface area (Å²) in [7, 11) is 1.58. The molecule has 3 rings (SSSR count). The van der Waals surface area contributed by atoms with Gasteiger partial charge in [-0.15, -0.1) is 0 Å². The molecular formula is C18H24N4O4. The zero-order valence-corrected chi connectivity index (χ0v) is 14.8. The van der Waals surface area contributed by atoms with E-state index in [1.807, 2.05) is 18.2 Å². The van der Waals surface area contributed by atoms with Gasteiger partial charge in [-0.25, -0.2) is 4.79 Å². The molecule has 3 N–H and O–H groups in total. The standard InChI is InChI=1S/C18H24N4O4/c1-26-15-4-2-3-14(10-15)22-11-13(9-16(22)23)20-18(25)21-7-5-12(6-8-21)17(19)24/h2-4,10,12-13H,5-9,11H2,1H3,(H2,19,24)(H,20,25). The fourth-order valence-corrected chi connectivity index (χ4v) is 3.47. The molecule has 0 aliphatic carbocycles. The minimum absolute atomic E-state index is 0.0315. The second-order valence-corrected chi connectivity index (χ2v) is 6.72. The van der Waals surface area contributed by atoms with Gasteiger partial charge in [-0.3, -0.25) is 9.59 Å². The number of amides is 4. The van der Waals surface area contributed by atoms with Gasteiger partial charge in [0, 0.05) is 43.7 Å². The van der Waals surface area contributed by atoms with E-state index in [0.29, 0.717) is 38.2 Å². The number of anilines is 1. The number of carbonyl (C=O) groups is 3. The molecule has 2 heterocycles. The molecule has 140 valence electrons. The van der Waals surface area contributed by atoms with Crippen LogP contribution in [0.2, 0.25) is 0 Å². The normalized spacial score (nSPS) is 21.0. The van der Waals surface area contributed by atoms with Gasteiger partial charge in [0.15, 0.2) is 0 Å². The number of likely N-dealkylation sites (tertiary alicyclic amines) is 1. The van der Waals surface area contributed by atoms with Gasteiger partial charge in [0.2, 0.25) is 11.8 Å². The van der Waals surface area contributed by atoms with Crippen LogP contribution in [0.5, 0.6) is 5.75 Å². The minimum atomic E-state index is -0.305. The van der Waals surface area contributed by atoms with Crippen molar-refractivity contribution in [1.29, 1.82) is 0 Å². The highest BCUT2D eigenvalue weighted by molar-refractivity contribution is 5.97. The maximum absolute atomic E-state index is 12.4. The number of carbonyl (C=O) groups excluding carboxylic acids is 3. The van der Waals surface area contributed by atoms with Crippen molar-refractivity contribution in [2.75, 3.05) is 31.6 Å². The van der Waals surface area contributed by atoms with Crippen LogP contribution in [-0.4, -0.2) is 55.5 Å². The molecule has 0 saturated carbocycles. The number of nitrogens with two attached hydrogens (primary N) is 1. The lowest BCUT2D eigenvalue weighted by atomic mass is 9.96. The van der Waals surface area contributed by atoms with Crippen molar-refractivity contribution in [3.05, 3.63) is 24.3 Å². The molecule has 0 radical (unpaired) electrons. The highest BCUT2D eigenvalue weighted by atomic mass is 16.5. The van der Waals surface area contributed by atoms with Crippen LogP contribution < -0.4 is 20.7 Å². The fraction of sp³-hybridized carbons (Fsp3) is 0.500. The smallest absolute Gasteiger partial charge is 0.317 e. The van der Waals surface area contributed by atoms with Crippen LogP contribution in [0.25, 0.3) is 0 Å². The first-order valence-electron chi connectivity index (χ1n) is 8.77. The summed E-state index contributed by atoms with van der Waals surface area (Å²) in [5.74, 6) is 0.187. The van der Waals surface area contributed by atoms with E-state index in [2.05, 4.69) is 5.32 Å². The molecule has 2 fully saturated rings. The Bertz CT molecular complexity index is 700. The number of methoxy groups -OCH3 is 1. The maximum atomic E-state index is 12.4. The van der Waals surface area contributed by atoms with Gasteiger partial charge in [0.05, 0.1) is 13.2 Å². The third-order valence-electron chi connectivity index (χ3n) is 5.00. The number of nitrogens with zero attached hydrogens (tertiary/aromatic N) is 2. The minimum Gasteiger partial charge on any atom is -0.497 e. The Morgan fingerprint density at radius 3 is 2.65 bits per heavy atom. The van der Waals surface area contributed by atoms with Crippen LogP contribution in [0.3, 0.4) is 0 Å². The Morgan fingerprint density at radius 2 is 2.00 bits per heavy atom. The molecule has 1 unspecified atom stereocenters. The summed E-state index contributed by atoms with van der Waals surface area (Å²) < 4.78 is 5.20. The monoisotopic (exact) mass is 360 g/mol. The molecule has 0 aromatic heterocycles. The van der Waals surface area contributed by atoms with Crippen LogP contribution >= 0.6 is 0 Å². The predicted octanol–water partition coefficient (Wildman–Crippen LogP) is 0.707. The molecule has 0 bridgehead atoms. The van der Waals surface area contributed by atoms with E-state index in [-0.39, 0.29) is 36.2 Å². The van der Waals surface area contributed by atoms with Crippen molar-refractivity contribution < 1.29 is 19.1 Å². The Balaban J connectivity index is 1.56. The summed E-state index contributed by atoms with van der Waals surface area (Å²) in [6.07, 6.45) is 1.44. The van der Waals surface area contributed by atoms with Gasteiger partial charge < -0.3 is 25.6 Å². The van der Waals surface area contributed by atoms with Gasteiger partial charge in [0.1, 0.15) is 5.75 Å². The van der Waals surface area contributed by atoms with E-state index < -0.39 is 0 Å². The first-order chi connectivity index (χ1) is 12.5. The number of ether oxygens (including phenoxy) is 1. The van der Waals surface area contributed by atoms with E-state index >= 15 is 0 Å². The van der Waals surface area contributed by atoms with Crippen molar-refractivity contribution in [2.45, 2.75) is 25.3 Å². The van der Waals surface area contributed by atoms with Crippen LogP contribution in [0.1, 0.15) is 19.3 Å². The molecule has 2 aliphatic rings. The summed E-state index contributed by atoms with van der Waals surface area (Å²) >= 11 is 0. The van der Waals surface area contributed by atoms with Gasteiger partial charge >= 0.3 is 6.03 Å². The predicted molar refractivity (Wildman–Crippen MR) is 95.8 cm³/mol. The number of nitrogens with one attached hydrogen (secondary N) is 1. The number of piperidine rings is 1. The lowest BCUT2D eigenvalue weighted by Gasteiger charge is -2.31. The van der Waals surface area contributed by atoms with E-state index in [0.717, 1.165) is 5.69 Å². The molecular weight excluding hydrogens is 336 g/mol. The molecule has 0 spiro atoms. The molecule has 1 atom stereocenters. The number of primary amides is 1. The Labute approximate surface area is 152 Å². The third kappa shape index (κ3) is 3.89. The number of hydrogen-bond donors (Lipinski definition) is 2. The lowest BCUT2D eigenvalue weighted by Crippen LogP contribution is -2.49. The quantitative estimate of drug-likeness (QED) is 0.825. The van der Waals surface area contributed by atoms with E-state index in [9.17, 15) is 14.4 Å². The van der Waals surface area contributed by atoms with Crippen LogP contribution in [0.15, 0.2) is 24.3 Å². The van der Waals surface area contributed by atoms with Crippen molar-refractivity contribution >= 4 is 23.5 Å². The third-order valence-corrected chi connectivity index (χ3v) is 5.00. The van der Waals surface area contributed by atoms with E-state index in [1.54, 1.807) is 23.0 Å². The second kappa shape index (κ2) is 7.63. The Morgan fingerprint density at radius 1 is 1.27 bits per heavy atom. The lowest BCUT2D eigenvalue weighted by molar-refractivity contribution is -0.123. The number of hydrogen-bond acceptors (Lipinski definition) is 4. The van der Waals surface area contributed by atoms with Crippen LogP contribution in [0.4, 0.5) is 10.5 Å². The van der Waals surface area contributed by atoms with Crippen molar-refractivity contribution in [3.63, 3.8) is 0 Å². The molecule has 2 aliphatic heterocycles. The second-order valence-electron chi connectivity index (χ2n) is 6.72. The largest absolute Gasteiger partial charge is 0.497 e. The summed E-state index contributed by atoms with van der Waals surface area (Å²) in [6.45, 7) is 1.43. The highest BCUT2D eigenvalue weighted by Crippen LogP contribution is 2.25. The molecule has 8 nitrogen and oxygen atoms in total. The highest BCUT2D eigenvalue weighted by Gasteiger charge is 2.33. The zero-order valence-electron chi connectivity index (χ0n) is 14.8. The van der Waals surface area contributed by atoms with Crippen LogP contribution in [0, 0.1) is 5.92 Å². The molecule has 2 saturated heterocycles. The van der Waals surface area contributed by atoms with Crippen LogP contribution in [-0.2, 0) is 9.59 Å². The number of benzene rings is 1. The number of rotatable bonds is 4. The van der Waals surface area contributed by atoms with Crippen molar-refractivity contribution in [2.24, 2.45) is 11.7 Å². The van der Waals surface area contributed by atoms with Gasteiger partial charge in [0.25, 0.3) is 0 Å². The van der Waals surface area contributed by atoms with E-state index in [4.69, 9.17) is 10.5 Å². The average molecular weight is 360 g/mol. The Hall–Kier alpha value is -2.77. The van der Waals surface area contributed by atoms with Crippen molar-refractivity contribution in [1.82, 2.24) is 10.2 Å². The molecule has 1 aromatic carbocycles. The summed E-state index contributed by atoms with van der Waals surface area (Å²) in [4.78, 5) is 39.3. The fourth-order valence-electron chi connectivity index (χ4n) is 3.47. The maximum Gasteiger partial charge on any atom is 0.317 e. The zero-order chi connectivity index (χ0) is 18.7. The van der Waals surface area contributed by atoms with Gasteiger partial charge in [-0.05, 0) is 25.0 Å². The van der Waals surface area contributed by atoms with Crippen molar-refractivity contribution in [3.8, 4) is 5.75 Å². The average Bonchev–Trinajstić information content (AvgIpc) is 3.02. The van der Waals surface area contributed by atoms with Gasteiger partial charge in [-0.2, -0.15) is 0 Å². The number of urea groups is 1. The first kappa shape index (κ1) is 18.0. The van der Waals surface area contributed by atoms with E-state index in [1.165, 1.54) is 0 Å². The summed E-state index contributed by atoms with van der Waals surface area (Å²) in [6, 6.07) is 6.86. The molecule has 26 heavy (non-hydrogen) atoms. The molecule has 4 amide bonds. The molecule has 1 aromatic rings. The Kier molecular flexibility index (Phi) is 5.29. The SMILES string of the molecule is COc1cccc(N2CC(NC(=O)N3CCC(C(N)=O)CC3)CC2=O)c1. The topological polar surface area (TPSA) is 105 Å². The summed E-state index contributed by atoms with van der Waals surface area (Å²) in [5.41, 5.74) is 6.08. The van der Waals surface area contributed by atoms with Gasteiger partial charge in [-0.1, -0.05) is 6.07 Å². The molecule has 8 heteroatoms.